The molecule has 3 unspecified atom stereocenters. The fourth-order valence-corrected chi connectivity index (χ4v) is 4.17. The number of likely N-dealkylation sites (N-methyl/N-ethyl adjacent to an activating group) is 1. The average Bonchev–Trinajstić information content (AvgIpc) is 2.55. The Hall–Kier alpha value is -1.28. The average molecular weight is 431 g/mol. The van der Waals surface area contributed by atoms with E-state index in [9.17, 15) is 14.7 Å². The van der Waals surface area contributed by atoms with Gasteiger partial charge in [-0.2, -0.15) is 0 Å². The van der Waals surface area contributed by atoms with Crippen molar-refractivity contribution in [2.24, 2.45) is 5.92 Å². The number of aliphatic hydroxyl groups is 1. The Bertz CT molecular complexity index is 530. The van der Waals surface area contributed by atoms with E-state index in [0.717, 1.165) is 31.7 Å². The minimum Gasteiger partial charge on any atom is -0.450 e. The van der Waals surface area contributed by atoms with E-state index in [1.165, 1.54) is 0 Å². The lowest BCUT2D eigenvalue weighted by Crippen LogP contribution is -2.47. The van der Waals surface area contributed by atoms with Gasteiger partial charge in [-0.25, -0.2) is 9.59 Å². The highest BCUT2D eigenvalue weighted by atomic mass is 28.3. The van der Waals surface area contributed by atoms with Gasteiger partial charge in [0.25, 0.3) is 0 Å². The molecule has 170 valence electrons. The minimum atomic E-state index is -1.28. The lowest BCUT2D eigenvalue weighted by Gasteiger charge is -2.34. The van der Waals surface area contributed by atoms with Gasteiger partial charge in [-0.1, -0.05) is 32.5 Å². The number of nitrogens with zero attached hydrogens (tertiary/aromatic N) is 1. The maximum absolute atomic E-state index is 12.6. The quantitative estimate of drug-likeness (QED) is 0.563. The molecule has 0 heterocycles. The Kier molecular flexibility index (Phi) is 9.95. The van der Waals surface area contributed by atoms with Crippen LogP contribution in [0, 0.1) is 5.92 Å². The second-order valence-electron chi connectivity index (χ2n) is 10.5. The molecule has 1 rings (SSSR count). The van der Waals surface area contributed by atoms with Crippen LogP contribution in [0.3, 0.4) is 0 Å². The Morgan fingerprint density at radius 2 is 1.90 bits per heavy atom. The van der Waals surface area contributed by atoms with Gasteiger partial charge in [0.15, 0.2) is 0 Å². The molecule has 2 amide bonds. The van der Waals surface area contributed by atoms with Gasteiger partial charge in [0.1, 0.15) is 5.60 Å². The van der Waals surface area contributed by atoms with Crippen molar-refractivity contribution in [1.29, 1.82) is 0 Å². The molecule has 0 aromatic carbocycles. The van der Waals surface area contributed by atoms with Crippen LogP contribution in [0.15, 0.2) is 0 Å². The first-order valence-corrected chi connectivity index (χ1v) is 14.5. The first-order chi connectivity index (χ1) is 13.3. The molecular formula is C21H42N2O5Si. The van der Waals surface area contributed by atoms with Crippen molar-refractivity contribution < 1.29 is 24.2 Å². The van der Waals surface area contributed by atoms with Gasteiger partial charge in [-0.3, -0.25) is 0 Å². The van der Waals surface area contributed by atoms with Crippen molar-refractivity contribution >= 4 is 20.3 Å². The van der Waals surface area contributed by atoms with Gasteiger partial charge < -0.3 is 24.8 Å². The first kappa shape index (κ1) is 25.8. The standard InChI is InChI=1S/C21H42N2O5Si/c1-21(2,3)28-19(25)22-15-17(13-16-9-8-10-18(24)14-16)23(4)20(26)27-11-12-29(5,6)7/h16-18,24H,8-15H2,1-7H3,(H,22,25). The molecule has 1 aliphatic rings. The molecule has 0 bridgehead atoms. The number of hydrogen-bond acceptors (Lipinski definition) is 5. The number of ether oxygens (including phenoxy) is 2. The molecule has 0 spiro atoms. The monoisotopic (exact) mass is 430 g/mol. The van der Waals surface area contributed by atoms with E-state index >= 15 is 0 Å². The number of nitrogens with one attached hydrogen (secondary N) is 1. The summed E-state index contributed by atoms with van der Waals surface area (Å²) in [5.41, 5.74) is -0.575. The SMILES string of the molecule is CN(C(=O)OCC[Si](C)(C)C)C(CNC(=O)OC(C)(C)C)CC1CCCC(O)C1. The molecule has 1 fully saturated rings. The van der Waals surface area contributed by atoms with Crippen LogP contribution >= 0.6 is 0 Å². The second kappa shape index (κ2) is 11.2. The Balaban J connectivity index is 2.69. The smallest absolute Gasteiger partial charge is 0.409 e. The summed E-state index contributed by atoms with van der Waals surface area (Å²) in [7, 11) is 0.441. The van der Waals surface area contributed by atoms with E-state index in [-0.39, 0.29) is 18.2 Å². The number of carbonyl (C=O) groups is 2. The van der Waals surface area contributed by atoms with Gasteiger partial charge in [0, 0.05) is 21.7 Å². The summed E-state index contributed by atoms with van der Waals surface area (Å²) >= 11 is 0. The van der Waals surface area contributed by atoms with Crippen LogP contribution in [0.5, 0.6) is 0 Å². The van der Waals surface area contributed by atoms with Crippen molar-refractivity contribution in [2.45, 2.75) is 96.3 Å². The van der Waals surface area contributed by atoms with Crippen LogP contribution in [0.1, 0.15) is 52.9 Å². The molecule has 1 saturated carbocycles. The minimum absolute atomic E-state index is 0.211. The zero-order valence-corrected chi connectivity index (χ0v) is 20.4. The van der Waals surface area contributed by atoms with Crippen molar-refractivity contribution in [1.82, 2.24) is 10.2 Å². The molecule has 7 nitrogen and oxygen atoms in total. The Morgan fingerprint density at radius 1 is 1.24 bits per heavy atom. The summed E-state index contributed by atoms with van der Waals surface area (Å²) in [4.78, 5) is 26.2. The predicted octanol–water partition coefficient (Wildman–Crippen LogP) is 4.23. The molecule has 29 heavy (non-hydrogen) atoms. The summed E-state index contributed by atoms with van der Waals surface area (Å²) < 4.78 is 10.8. The van der Waals surface area contributed by atoms with E-state index in [4.69, 9.17) is 9.47 Å². The Labute approximate surface area is 177 Å². The lowest BCUT2D eigenvalue weighted by atomic mass is 9.83. The molecule has 0 aromatic rings. The van der Waals surface area contributed by atoms with Crippen LogP contribution in [0.2, 0.25) is 25.7 Å². The summed E-state index contributed by atoms with van der Waals surface area (Å²) in [5, 5.41) is 12.8. The summed E-state index contributed by atoms with van der Waals surface area (Å²) in [6.07, 6.45) is 3.17. The van der Waals surface area contributed by atoms with Crippen LogP contribution in [-0.2, 0) is 9.47 Å². The number of carbonyl (C=O) groups excluding carboxylic acids is 2. The molecule has 8 heteroatoms. The fourth-order valence-electron chi connectivity index (χ4n) is 3.45. The second-order valence-corrected chi connectivity index (χ2v) is 16.1. The molecular weight excluding hydrogens is 388 g/mol. The summed E-state index contributed by atoms with van der Waals surface area (Å²) in [5.74, 6) is 0.321. The third kappa shape index (κ3) is 11.5. The van der Waals surface area contributed by atoms with E-state index in [0.29, 0.717) is 25.5 Å². The predicted molar refractivity (Wildman–Crippen MR) is 118 cm³/mol. The van der Waals surface area contributed by atoms with Crippen LogP contribution in [-0.4, -0.2) is 68.2 Å². The largest absolute Gasteiger partial charge is 0.450 e. The number of alkyl carbamates (subject to hydrolysis) is 1. The molecule has 3 atom stereocenters. The highest BCUT2D eigenvalue weighted by molar-refractivity contribution is 6.76. The number of rotatable bonds is 8. The van der Waals surface area contributed by atoms with E-state index < -0.39 is 19.8 Å². The molecule has 0 saturated heterocycles. The molecule has 0 aromatic heterocycles. The molecule has 0 radical (unpaired) electrons. The van der Waals surface area contributed by atoms with Gasteiger partial charge in [0.05, 0.1) is 18.8 Å². The molecule has 1 aliphatic carbocycles. The first-order valence-electron chi connectivity index (χ1n) is 10.8. The highest BCUT2D eigenvalue weighted by Crippen LogP contribution is 2.29. The maximum Gasteiger partial charge on any atom is 0.409 e. The van der Waals surface area contributed by atoms with E-state index in [2.05, 4.69) is 25.0 Å². The van der Waals surface area contributed by atoms with Crippen molar-refractivity contribution in [3.63, 3.8) is 0 Å². The summed E-state index contributed by atoms with van der Waals surface area (Å²) in [6, 6.07) is 0.708. The van der Waals surface area contributed by atoms with Gasteiger partial charge in [0.2, 0.25) is 0 Å². The van der Waals surface area contributed by atoms with Crippen molar-refractivity contribution in [3.8, 4) is 0 Å². The van der Waals surface area contributed by atoms with E-state index in [1.807, 2.05) is 20.8 Å². The third-order valence-electron chi connectivity index (χ3n) is 5.15. The summed E-state index contributed by atoms with van der Waals surface area (Å²) in [6.45, 7) is 12.9. The fraction of sp³-hybridized carbons (Fsp3) is 0.905. The topological polar surface area (TPSA) is 88.1 Å². The third-order valence-corrected chi connectivity index (χ3v) is 6.86. The normalized spacial score (nSPS) is 21.2. The van der Waals surface area contributed by atoms with Crippen molar-refractivity contribution in [2.75, 3.05) is 20.2 Å². The highest BCUT2D eigenvalue weighted by Gasteiger charge is 2.29. The molecule has 0 aliphatic heterocycles. The van der Waals surface area contributed by atoms with Gasteiger partial charge >= 0.3 is 12.2 Å². The van der Waals surface area contributed by atoms with Crippen LogP contribution < -0.4 is 5.32 Å². The van der Waals surface area contributed by atoms with Crippen LogP contribution in [0.4, 0.5) is 9.59 Å². The number of aliphatic hydroxyl groups excluding tert-OH is 1. The van der Waals surface area contributed by atoms with Crippen LogP contribution in [0.25, 0.3) is 0 Å². The number of amides is 2. The lowest BCUT2D eigenvalue weighted by molar-refractivity contribution is 0.0476. The zero-order valence-electron chi connectivity index (χ0n) is 19.4. The Morgan fingerprint density at radius 3 is 2.45 bits per heavy atom. The number of hydrogen-bond donors (Lipinski definition) is 2. The zero-order chi connectivity index (χ0) is 22.2. The maximum atomic E-state index is 12.6. The molecule has 2 N–H and O–H groups in total. The van der Waals surface area contributed by atoms with Crippen molar-refractivity contribution in [3.05, 3.63) is 0 Å². The van der Waals surface area contributed by atoms with E-state index in [1.54, 1.807) is 11.9 Å². The van der Waals surface area contributed by atoms with Gasteiger partial charge in [-0.05, 0) is 52.0 Å². The van der Waals surface area contributed by atoms with Gasteiger partial charge in [-0.15, -0.1) is 0 Å².